The summed E-state index contributed by atoms with van der Waals surface area (Å²) in [6.45, 7) is 5.23. The smallest absolute Gasteiger partial charge is 0.408 e. The van der Waals surface area contributed by atoms with Crippen LogP contribution >= 0.6 is 0 Å². The van der Waals surface area contributed by atoms with Crippen LogP contribution in [0.2, 0.25) is 0 Å². The molecule has 10 heteroatoms. The van der Waals surface area contributed by atoms with Crippen LogP contribution in [0.1, 0.15) is 86.5 Å². The molecule has 3 aliphatic rings. The first kappa shape index (κ1) is 28.4. The van der Waals surface area contributed by atoms with Crippen LogP contribution in [0.3, 0.4) is 0 Å². The van der Waals surface area contributed by atoms with Crippen molar-refractivity contribution in [1.29, 1.82) is 0 Å². The first-order valence-electron chi connectivity index (χ1n) is 14.9. The normalized spacial score (nSPS) is 24.8. The minimum Gasteiger partial charge on any atom is -0.480 e. The predicted molar refractivity (Wildman–Crippen MR) is 150 cm³/mol. The Morgan fingerprint density at radius 1 is 1.20 bits per heavy atom. The van der Waals surface area contributed by atoms with E-state index in [9.17, 15) is 14.7 Å². The molecule has 0 radical (unpaired) electrons. The van der Waals surface area contributed by atoms with Crippen molar-refractivity contribution in [2.45, 2.75) is 109 Å². The number of carboxylic acid groups (broad SMARTS) is 1. The van der Waals surface area contributed by atoms with Crippen molar-refractivity contribution in [2.75, 3.05) is 18.5 Å². The van der Waals surface area contributed by atoms with Crippen LogP contribution in [0.15, 0.2) is 18.2 Å². The molecular formula is C30H43N5O5. The SMILES string of the molecule is Cc1cc(C)n([C@@H]2CCCC[C@H]2OC(=O)N[C@@H](CCOC2CC(CCc3ccc4c(n3)NCCC4)C2)C(=O)O)n1. The van der Waals surface area contributed by atoms with Gasteiger partial charge in [0.25, 0.3) is 0 Å². The molecule has 2 aromatic rings. The molecule has 5 rings (SSSR count). The van der Waals surface area contributed by atoms with Gasteiger partial charge in [0.05, 0.1) is 17.8 Å². The highest BCUT2D eigenvalue weighted by molar-refractivity contribution is 5.79. The van der Waals surface area contributed by atoms with Crippen molar-refractivity contribution in [3.63, 3.8) is 0 Å². The highest BCUT2D eigenvalue weighted by Crippen LogP contribution is 2.34. The number of alkyl carbamates (subject to hydrolysis) is 1. The number of aromatic nitrogens is 3. The molecule has 2 aromatic heterocycles. The molecule has 2 saturated carbocycles. The second-order valence-electron chi connectivity index (χ2n) is 11.7. The number of aryl methyl sites for hydroxylation is 4. The van der Waals surface area contributed by atoms with Gasteiger partial charge >= 0.3 is 12.1 Å². The quantitative estimate of drug-likeness (QED) is 0.364. The molecule has 3 atom stereocenters. The Bertz CT molecular complexity index is 1180. The third-order valence-corrected chi connectivity index (χ3v) is 8.59. The summed E-state index contributed by atoms with van der Waals surface area (Å²) < 4.78 is 13.6. The molecule has 2 fully saturated rings. The largest absolute Gasteiger partial charge is 0.480 e. The van der Waals surface area contributed by atoms with Crippen molar-refractivity contribution in [3.05, 3.63) is 40.8 Å². The lowest BCUT2D eigenvalue weighted by atomic mass is 9.79. The number of carboxylic acids is 1. The summed E-state index contributed by atoms with van der Waals surface area (Å²) >= 11 is 0. The number of carbonyl (C=O) groups excluding carboxylic acids is 1. The molecule has 0 aromatic carbocycles. The highest BCUT2D eigenvalue weighted by Gasteiger charge is 2.33. The zero-order valence-electron chi connectivity index (χ0n) is 23.7. The molecule has 10 nitrogen and oxygen atoms in total. The van der Waals surface area contributed by atoms with Gasteiger partial charge in [-0.15, -0.1) is 0 Å². The Kier molecular flexibility index (Phi) is 9.24. The van der Waals surface area contributed by atoms with E-state index in [0.717, 1.165) is 93.7 Å². The van der Waals surface area contributed by atoms with Crippen molar-refractivity contribution in [2.24, 2.45) is 5.92 Å². The molecule has 0 bridgehead atoms. The topological polar surface area (TPSA) is 128 Å². The summed E-state index contributed by atoms with van der Waals surface area (Å²) in [5.74, 6) is 0.563. The maximum atomic E-state index is 12.7. The maximum absolute atomic E-state index is 12.7. The number of amides is 1. The van der Waals surface area contributed by atoms with Crippen LogP contribution in [0.4, 0.5) is 10.6 Å². The molecule has 0 spiro atoms. The lowest BCUT2D eigenvalue weighted by Crippen LogP contribution is -2.45. The molecule has 40 heavy (non-hydrogen) atoms. The van der Waals surface area contributed by atoms with E-state index in [1.165, 1.54) is 5.56 Å². The van der Waals surface area contributed by atoms with E-state index < -0.39 is 18.1 Å². The number of rotatable bonds is 11. The molecule has 3 heterocycles. The Hall–Kier alpha value is -3.14. The third kappa shape index (κ3) is 7.13. The summed E-state index contributed by atoms with van der Waals surface area (Å²) in [6.07, 6.45) is 9.20. The van der Waals surface area contributed by atoms with E-state index in [2.05, 4.69) is 27.9 Å². The summed E-state index contributed by atoms with van der Waals surface area (Å²) in [6, 6.07) is 5.28. The fraction of sp³-hybridized carbons (Fsp3) is 0.667. The number of nitrogens with zero attached hydrogens (tertiary/aromatic N) is 3. The number of aliphatic carboxylic acids is 1. The van der Waals surface area contributed by atoms with Crippen LogP contribution in [0.5, 0.6) is 0 Å². The number of ether oxygens (including phenoxy) is 2. The minimum absolute atomic E-state index is 0.0360. The molecule has 2 aliphatic carbocycles. The fourth-order valence-electron chi connectivity index (χ4n) is 6.31. The van der Waals surface area contributed by atoms with Gasteiger partial charge in [0.1, 0.15) is 18.0 Å². The lowest BCUT2D eigenvalue weighted by Gasteiger charge is -2.35. The van der Waals surface area contributed by atoms with Gasteiger partial charge < -0.3 is 25.2 Å². The Labute approximate surface area is 236 Å². The first-order valence-corrected chi connectivity index (χ1v) is 14.9. The second-order valence-corrected chi connectivity index (χ2v) is 11.7. The number of nitrogens with one attached hydrogen (secondary N) is 2. The first-order chi connectivity index (χ1) is 19.4. The summed E-state index contributed by atoms with van der Waals surface area (Å²) in [5, 5.41) is 20.2. The van der Waals surface area contributed by atoms with Gasteiger partial charge in [-0.3, -0.25) is 4.68 Å². The Morgan fingerprint density at radius 2 is 2.02 bits per heavy atom. The Morgan fingerprint density at radius 3 is 2.80 bits per heavy atom. The van der Waals surface area contributed by atoms with Crippen molar-refractivity contribution >= 4 is 17.9 Å². The number of hydrogen-bond donors (Lipinski definition) is 3. The third-order valence-electron chi connectivity index (χ3n) is 8.59. The zero-order valence-corrected chi connectivity index (χ0v) is 23.7. The van der Waals surface area contributed by atoms with Crippen LogP contribution in [0.25, 0.3) is 0 Å². The molecular weight excluding hydrogens is 510 g/mol. The average Bonchev–Trinajstić information content (AvgIpc) is 3.26. The van der Waals surface area contributed by atoms with Gasteiger partial charge in [-0.2, -0.15) is 5.10 Å². The van der Waals surface area contributed by atoms with Crippen LogP contribution in [-0.2, 0) is 27.1 Å². The number of pyridine rings is 1. The van der Waals surface area contributed by atoms with E-state index in [4.69, 9.17) is 14.5 Å². The standard InChI is InChI=1S/C30H43N5O5/c1-19-16-20(2)35(34-19)26-7-3-4-8-27(26)40-30(38)33-25(29(36)37)13-15-39-24-17-21(18-24)9-11-23-12-10-22-6-5-14-31-28(22)32-23/h10,12,16,21,24-27H,3-9,11,13-15,17-18H2,1-2H3,(H,31,32)(H,33,38)(H,36,37)/t21?,24?,25-,26+,27+/m0/s1. The number of anilines is 1. The van der Waals surface area contributed by atoms with Gasteiger partial charge in [-0.25, -0.2) is 14.6 Å². The molecule has 0 saturated heterocycles. The van der Waals surface area contributed by atoms with Gasteiger partial charge in [0.15, 0.2) is 0 Å². The van der Waals surface area contributed by atoms with Gasteiger partial charge in [0, 0.05) is 31.0 Å². The molecule has 1 amide bonds. The van der Waals surface area contributed by atoms with Gasteiger partial charge in [-0.05, 0) is 95.2 Å². The highest BCUT2D eigenvalue weighted by atomic mass is 16.6. The number of hydrogen-bond acceptors (Lipinski definition) is 7. The average molecular weight is 554 g/mol. The van der Waals surface area contributed by atoms with Crippen LogP contribution in [0, 0.1) is 19.8 Å². The predicted octanol–water partition coefficient (Wildman–Crippen LogP) is 4.73. The monoisotopic (exact) mass is 553 g/mol. The minimum atomic E-state index is -1.09. The van der Waals surface area contributed by atoms with E-state index in [1.54, 1.807) is 0 Å². The van der Waals surface area contributed by atoms with Crippen molar-refractivity contribution in [3.8, 4) is 0 Å². The molecule has 218 valence electrons. The van der Waals surface area contributed by atoms with Crippen LogP contribution < -0.4 is 10.6 Å². The summed E-state index contributed by atoms with van der Waals surface area (Å²) in [7, 11) is 0. The fourth-order valence-corrected chi connectivity index (χ4v) is 6.31. The maximum Gasteiger partial charge on any atom is 0.408 e. The second kappa shape index (κ2) is 13.0. The van der Waals surface area contributed by atoms with Gasteiger partial charge in [-0.1, -0.05) is 12.5 Å². The van der Waals surface area contributed by atoms with E-state index in [-0.39, 0.29) is 31.3 Å². The molecule has 0 unspecified atom stereocenters. The van der Waals surface area contributed by atoms with E-state index in [0.29, 0.717) is 5.92 Å². The van der Waals surface area contributed by atoms with E-state index >= 15 is 0 Å². The summed E-state index contributed by atoms with van der Waals surface area (Å²) in [5.41, 5.74) is 4.41. The Balaban J connectivity index is 1.01. The molecule has 3 N–H and O–H groups in total. The van der Waals surface area contributed by atoms with Crippen molar-refractivity contribution in [1.82, 2.24) is 20.1 Å². The van der Waals surface area contributed by atoms with Gasteiger partial charge in [0.2, 0.25) is 0 Å². The number of carbonyl (C=O) groups is 2. The van der Waals surface area contributed by atoms with E-state index in [1.807, 2.05) is 24.6 Å². The van der Waals surface area contributed by atoms with Crippen LogP contribution in [-0.4, -0.2) is 63.3 Å². The summed E-state index contributed by atoms with van der Waals surface area (Å²) in [4.78, 5) is 29.3. The van der Waals surface area contributed by atoms with Crippen molar-refractivity contribution < 1.29 is 24.2 Å². The lowest BCUT2D eigenvalue weighted by molar-refractivity contribution is -0.140. The zero-order chi connectivity index (χ0) is 28.1. The number of fused-ring (bicyclic) bond motifs is 1. The molecule has 1 aliphatic heterocycles.